The molecule has 1 aliphatic heterocycles. The van der Waals surface area contributed by atoms with E-state index in [1.165, 1.54) is 0 Å². The summed E-state index contributed by atoms with van der Waals surface area (Å²) in [7, 11) is 0. The molecule has 0 saturated carbocycles. The van der Waals surface area contributed by atoms with Gasteiger partial charge in [0, 0.05) is 36.7 Å². The highest BCUT2D eigenvalue weighted by molar-refractivity contribution is 5.67. The summed E-state index contributed by atoms with van der Waals surface area (Å²) < 4.78 is 6.11. The molecule has 3 heterocycles. The van der Waals surface area contributed by atoms with Gasteiger partial charge in [-0.1, -0.05) is 6.07 Å². The summed E-state index contributed by atoms with van der Waals surface area (Å²) in [6.45, 7) is 7.11. The van der Waals surface area contributed by atoms with Crippen LogP contribution in [-0.2, 0) is 0 Å². The molecule has 33 heavy (non-hydrogen) atoms. The Hall–Kier alpha value is -3.81. The monoisotopic (exact) mass is 447 g/mol. The van der Waals surface area contributed by atoms with E-state index in [9.17, 15) is 9.90 Å². The van der Waals surface area contributed by atoms with Gasteiger partial charge in [0.15, 0.2) is 0 Å². The van der Waals surface area contributed by atoms with E-state index in [1.54, 1.807) is 17.3 Å². The first-order chi connectivity index (χ1) is 15.8. The van der Waals surface area contributed by atoms with Crippen molar-refractivity contribution in [2.75, 3.05) is 23.3 Å². The van der Waals surface area contributed by atoms with Gasteiger partial charge in [0.2, 0.25) is 5.88 Å². The minimum atomic E-state index is -0.892. The van der Waals surface area contributed by atoms with E-state index in [-0.39, 0.29) is 6.04 Å². The maximum absolute atomic E-state index is 11.9. The highest BCUT2D eigenvalue weighted by Crippen LogP contribution is 2.34. The van der Waals surface area contributed by atoms with E-state index < -0.39 is 11.6 Å². The zero-order chi connectivity index (χ0) is 23.4. The topological polar surface area (TPSA) is 90.8 Å². The zero-order valence-corrected chi connectivity index (χ0v) is 19.1. The van der Waals surface area contributed by atoms with Crippen LogP contribution in [0.4, 0.5) is 22.0 Å². The van der Waals surface area contributed by atoms with Crippen LogP contribution in [0.2, 0.25) is 0 Å². The second-order valence-corrected chi connectivity index (χ2v) is 9.01. The van der Waals surface area contributed by atoms with Crippen molar-refractivity contribution in [3.05, 3.63) is 67.0 Å². The molecule has 0 radical (unpaired) electrons. The molecule has 172 valence electrons. The number of nitrogens with one attached hydrogen (secondary N) is 1. The summed E-state index contributed by atoms with van der Waals surface area (Å²) in [5, 5.41) is 13.0. The lowest BCUT2D eigenvalue weighted by molar-refractivity contribution is 0.0763. The second kappa shape index (κ2) is 9.36. The fraction of sp³-hybridized carbons (Fsp3) is 0.320. The number of carbonyl (C=O) groups is 1. The molecule has 1 aromatic carbocycles. The number of hydrogen-bond donors (Lipinski definition) is 2. The van der Waals surface area contributed by atoms with Gasteiger partial charge in [-0.15, -0.1) is 0 Å². The van der Waals surface area contributed by atoms with Crippen molar-refractivity contribution < 1.29 is 14.6 Å². The van der Waals surface area contributed by atoms with Crippen LogP contribution in [0.15, 0.2) is 67.0 Å². The van der Waals surface area contributed by atoms with Crippen molar-refractivity contribution in [3.8, 4) is 11.6 Å². The molecule has 0 spiro atoms. The molecule has 0 bridgehead atoms. The van der Waals surface area contributed by atoms with Gasteiger partial charge in [0.05, 0.1) is 6.04 Å². The molecule has 0 aliphatic carbocycles. The van der Waals surface area contributed by atoms with Gasteiger partial charge in [0.25, 0.3) is 0 Å². The van der Waals surface area contributed by atoms with Crippen LogP contribution < -0.4 is 15.0 Å². The van der Waals surface area contributed by atoms with Crippen molar-refractivity contribution in [2.45, 2.75) is 38.8 Å². The Morgan fingerprint density at radius 3 is 2.52 bits per heavy atom. The molecular formula is C25H29N5O3. The third-order valence-corrected chi connectivity index (χ3v) is 5.56. The van der Waals surface area contributed by atoms with Crippen LogP contribution in [0.25, 0.3) is 0 Å². The van der Waals surface area contributed by atoms with E-state index in [2.05, 4.69) is 20.2 Å². The fourth-order valence-corrected chi connectivity index (χ4v) is 4.17. The van der Waals surface area contributed by atoms with Gasteiger partial charge in [-0.2, -0.15) is 0 Å². The van der Waals surface area contributed by atoms with Crippen LogP contribution in [0.1, 0.15) is 27.2 Å². The van der Waals surface area contributed by atoms with Crippen molar-refractivity contribution in [2.24, 2.45) is 0 Å². The molecule has 2 aromatic heterocycles. The Morgan fingerprint density at radius 2 is 1.85 bits per heavy atom. The molecule has 4 rings (SSSR count). The van der Waals surface area contributed by atoms with Crippen LogP contribution in [-0.4, -0.2) is 50.7 Å². The second-order valence-electron chi connectivity index (χ2n) is 9.01. The summed E-state index contributed by atoms with van der Waals surface area (Å²) in [5.74, 6) is 1.94. The van der Waals surface area contributed by atoms with Crippen molar-refractivity contribution in [1.29, 1.82) is 0 Å². The zero-order valence-electron chi connectivity index (χ0n) is 19.1. The number of aromatic nitrogens is 2. The third kappa shape index (κ3) is 5.34. The van der Waals surface area contributed by atoms with Crippen molar-refractivity contribution >= 4 is 23.3 Å². The van der Waals surface area contributed by atoms with Gasteiger partial charge in [-0.3, -0.25) is 4.90 Å². The van der Waals surface area contributed by atoms with E-state index in [1.807, 2.05) is 75.4 Å². The van der Waals surface area contributed by atoms with Crippen LogP contribution in [0.3, 0.4) is 0 Å². The Morgan fingerprint density at radius 1 is 1.09 bits per heavy atom. The quantitative estimate of drug-likeness (QED) is 0.525. The summed E-state index contributed by atoms with van der Waals surface area (Å²) in [6, 6.07) is 17.0. The molecule has 1 aliphatic rings. The SMILES string of the molecule is CC(C)(C)N(C(=O)O)[C@H]1CCN(c2cccnc2Oc2ccc(Nc3ccccn3)cc2)C1. The molecule has 1 saturated heterocycles. The van der Waals surface area contributed by atoms with Crippen LogP contribution in [0, 0.1) is 0 Å². The largest absolute Gasteiger partial charge is 0.465 e. The number of ether oxygens (including phenoxy) is 1. The van der Waals surface area contributed by atoms with Crippen molar-refractivity contribution in [3.63, 3.8) is 0 Å². The number of anilines is 3. The molecule has 1 atom stereocenters. The van der Waals surface area contributed by atoms with E-state index in [4.69, 9.17) is 4.74 Å². The van der Waals surface area contributed by atoms with E-state index in [0.29, 0.717) is 18.2 Å². The number of carboxylic acid groups (broad SMARTS) is 1. The summed E-state index contributed by atoms with van der Waals surface area (Å²) >= 11 is 0. The lowest BCUT2D eigenvalue weighted by Crippen LogP contribution is -2.52. The normalized spacial score (nSPS) is 15.8. The first-order valence-electron chi connectivity index (χ1n) is 11.0. The Kier molecular flexibility index (Phi) is 6.35. The van der Waals surface area contributed by atoms with Gasteiger partial charge in [0.1, 0.15) is 17.3 Å². The summed E-state index contributed by atoms with van der Waals surface area (Å²) in [4.78, 5) is 24.3. The number of amides is 1. The smallest absolute Gasteiger partial charge is 0.408 e. The fourth-order valence-electron chi connectivity index (χ4n) is 4.17. The molecule has 8 heteroatoms. The highest BCUT2D eigenvalue weighted by atomic mass is 16.5. The lowest BCUT2D eigenvalue weighted by atomic mass is 10.0. The van der Waals surface area contributed by atoms with E-state index >= 15 is 0 Å². The molecular weight excluding hydrogens is 418 g/mol. The third-order valence-electron chi connectivity index (χ3n) is 5.56. The lowest BCUT2D eigenvalue weighted by Gasteiger charge is -2.38. The maximum Gasteiger partial charge on any atom is 0.408 e. The molecule has 8 nitrogen and oxygen atoms in total. The Labute approximate surface area is 193 Å². The van der Waals surface area contributed by atoms with Gasteiger partial charge < -0.3 is 20.1 Å². The van der Waals surface area contributed by atoms with Crippen LogP contribution >= 0.6 is 0 Å². The Bertz CT molecular complexity index is 1080. The number of rotatable bonds is 6. The van der Waals surface area contributed by atoms with Gasteiger partial charge in [-0.25, -0.2) is 14.8 Å². The standard InChI is InChI=1S/C25H29N5O3/c1-25(2,3)30(24(31)32)19-13-16-29(17-19)21-7-6-15-27-23(21)33-20-11-9-18(10-12-20)28-22-8-4-5-14-26-22/h4-12,14-15,19H,13,16-17H2,1-3H3,(H,26,28)(H,31,32)/t19-/m0/s1. The average molecular weight is 448 g/mol. The van der Waals surface area contributed by atoms with Gasteiger partial charge in [-0.05, 0) is 75.7 Å². The number of pyridine rings is 2. The minimum absolute atomic E-state index is 0.0903. The molecule has 1 fully saturated rings. The molecule has 2 N–H and O–H groups in total. The number of nitrogens with zero attached hydrogens (tertiary/aromatic N) is 4. The average Bonchev–Trinajstić information content (AvgIpc) is 3.24. The first kappa shape index (κ1) is 22.4. The predicted octanol–water partition coefficient (Wildman–Crippen LogP) is 5.37. The Balaban J connectivity index is 1.46. The van der Waals surface area contributed by atoms with E-state index in [0.717, 1.165) is 30.2 Å². The van der Waals surface area contributed by atoms with Crippen LogP contribution in [0.5, 0.6) is 11.6 Å². The van der Waals surface area contributed by atoms with Crippen molar-refractivity contribution in [1.82, 2.24) is 14.9 Å². The minimum Gasteiger partial charge on any atom is -0.465 e. The molecule has 1 amide bonds. The maximum atomic E-state index is 11.9. The molecule has 0 unspecified atom stereocenters. The first-order valence-corrected chi connectivity index (χ1v) is 11.0. The highest BCUT2D eigenvalue weighted by Gasteiger charge is 2.38. The summed E-state index contributed by atoms with van der Waals surface area (Å²) in [5.41, 5.74) is 1.29. The number of hydrogen-bond acceptors (Lipinski definition) is 6. The predicted molar refractivity (Wildman–Crippen MR) is 129 cm³/mol. The summed E-state index contributed by atoms with van der Waals surface area (Å²) in [6.07, 6.45) is 3.30. The molecule has 3 aromatic rings. The van der Waals surface area contributed by atoms with Gasteiger partial charge >= 0.3 is 6.09 Å². The number of benzene rings is 1.